The number of aromatic nitrogens is 3. The van der Waals surface area contributed by atoms with Crippen LogP contribution < -0.4 is 10.6 Å². The van der Waals surface area contributed by atoms with Crippen molar-refractivity contribution in [2.75, 3.05) is 11.9 Å². The van der Waals surface area contributed by atoms with Crippen LogP contribution in [0.1, 0.15) is 63.9 Å². The fourth-order valence-electron chi connectivity index (χ4n) is 3.75. The van der Waals surface area contributed by atoms with Gasteiger partial charge in [-0.1, -0.05) is 11.8 Å². The van der Waals surface area contributed by atoms with Crippen molar-refractivity contribution >= 4 is 45.9 Å². The summed E-state index contributed by atoms with van der Waals surface area (Å²) in [6, 6.07) is 3.21. The SMILES string of the molecule is CCOC(=O)c1c(NC(=O)[C@@H](C)Sc2nnc(CNC(=O)c3ccco3)n2C)sc2c1CCCC2. The lowest BCUT2D eigenvalue weighted by Crippen LogP contribution is -2.24. The lowest BCUT2D eigenvalue weighted by molar-refractivity contribution is -0.115. The van der Waals surface area contributed by atoms with Gasteiger partial charge in [0.15, 0.2) is 16.7 Å². The van der Waals surface area contributed by atoms with Crippen molar-refractivity contribution in [2.45, 2.75) is 56.5 Å². The van der Waals surface area contributed by atoms with Gasteiger partial charge in [-0.2, -0.15) is 0 Å². The van der Waals surface area contributed by atoms with E-state index in [0.717, 1.165) is 36.1 Å². The van der Waals surface area contributed by atoms with E-state index < -0.39 is 11.2 Å². The molecule has 3 aromatic rings. The third-order valence-corrected chi connectivity index (χ3v) is 7.96. The Morgan fingerprint density at radius 2 is 2.09 bits per heavy atom. The first-order valence-electron chi connectivity index (χ1n) is 11.4. The van der Waals surface area contributed by atoms with Crippen molar-refractivity contribution in [3.05, 3.63) is 46.0 Å². The number of esters is 1. The Balaban J connectivity index is 1.41. The quantitative estimate of drug-likeness (QED) is 0.326. The highest BCUT2D eigenvalue weighted by atomic mass is 32.2. The zero-order chi connectivity index (χ0) is 24.9. The van der Waals surface area contributed by atoms with Gasteiger partial charge in [0.2, 0.25) is 5.91 Å². The molecular formula is C23H27N5O5S2. The zero-order valence-electron chi connectivity index (χ0n) is 19.8. The zero-order valence-corrected chi connectivity index (χ0v) is 21.4. The topological polar surface area (TPSA) is 128 Å². The number of carbonyl (C=O) groups excluding carboxylic acids is 3. The molecule has 0 unspecified atom stereocenters. The second-order valence-electron chi connectivity index (χ2n) is 8.00. The van der Waals surface area contributed by atoms with E-state index in [1.54, 1.807) is 37.6 Å². The number of furan rings is 1. The monoisotopic (exact) mass is 517 g/mol. The van der Waals surface area contributed by atoms with Gasteiger partial charge >= 0.3 is 5.97 Å². The van der Waals surface area contributed by atoms with Crippen molar-refractivity contribution in [3.8, 4) is 0 Å². The molecule has 0 saturated carbocycles. The van der Waals surface area contributed by atoms with Crippen molar-refractivity contribution in [1.82, 2.24) is 20.1 Å². The molecule has 0 aliphatic heterocycles. The number of thiophene rings is 1. The molecule has 12 heteroatoms. The molecule has 0 spiro atoms. The third-order valence-electron chi connectivity index (χ3n) is 5.62. The summed E-state index contributed by atoms with van der Waals surface area (Å²) in [6.45, 7) is 3.98. The minimum absolute atomic E-state index is 0.161. The molecule has 2 N–H and O–H groups in total. The Kier molecular flexibility index (Phi) is 7.91. The summed E-state index contributed by atoms with van der Waals surface area (Å²) < 4.78 is 12.1. The van der Waals surface area contributed by atoms with Gasteiger partial charge in [0.1, 0.15) is 5.00 Å². The number of hydrogen-bond donors (Lipinski definition) is 2. The number of hydrogen-bond acceptors (Lipinski definition) is 9. The van der Waals surface area contributed by atoms with Gasteiger partial charge in [0.05, 0.1) is 30.2 Å². The number of ether oxygens (including phenoxy) is 1. The number of carbonyl (C=O) groups is 3. The molecule has 10 nitrogen and oxygen atoms in total. The molecule has 3 aromatic heterocycles. The number of fused-ring (bicyclic) bond motifs is 1. The first-order chi connectivity index (χ1) is 16.9. The molecule has 0 fully saturated rings. The lowest BCUT2D eigenvalue weighted by Gasteiger charge is -2.13. The van der Waals surface area contributed by atoms with Gasteiger partial charge < -0.3 is 24.4 Å². The molecular weight excluding hydrogens is 490 g/mol. The summed E-state index contributed by atoms with van der Waals surface area (Å²) in [5, 5.41) is 14.5. The summed E-state index contributed by atoms with van der Waals surface area (Å²) in [5.41, 5.74) is 1.50. The van der Waals surface area contributed by atoms with Crippen LogP contribution in [0.5, 0.6) is 0 Å². The molecule has 186 valence electrons. The van der Waals surface area contributed by atoms with Crippen LogP contribution in [0.3, 0.4) is 0 Å². The molecule has 3 heterocycles. The van der Waals surface area contributed by atoms with Crippen molar-refractivity contribution < 1.29 is 23.5 Å². The number of aryl methyl sites for hydroxylation is 1. The highest BCUT2D eigenvalue weighted by Gasteiger charge is 2.28. The average molecular weight is 518 g/mol. The molecule has 1 aliphatic rings. The van der Waals surface area contributed by atoms with E-state index in [2.05, 4.69) is 20.8 Å². The molecule has 0 bridgehead atoms. The molecule has 1 atom stereocenters. The van der Waals surface area contributed by atoms with E-state index in [9.17, 15) is 14.4 Å². The molecule has 2 amide bonds. The van der Waals surface area contributed by atoms with Gasteiger partial charge in [0, 0.05) is 11.9 Å². The maximum Gasteiger partial charge on any atom is 0.341 e. The Hall–Kier alpha value is -3.12. The van der Waals surface area contributed by atoms with Crippen LogP contribution in [-0.2, 0) is 36.0 Å². The standard InChI is InChI=1S/C23H27N5O5S2/c1-4-32-22(31)18-14-8-5-6-10-16(14)35-21(18)25-19(29)13(2)34-23-27-26-17(28(23)3)12-24-20(30)15-9-7-11-33-15/h7,9,11,13H,4-6,8,10,12H2,1-3H3,(H,24,30)(H,25,29)/t13-/m1/s1. The van der Waals surface area contributed by atoms with Crippen LogP contribution >= 0.6 is 23.1 Å². The summed E-state index contributed by atoms with van der Waals surface area (Å²) in [5.74, 6) is -0.233. The summed E-state index contributed by atoms with van der Waals surface area (Å²) in [4.78, 5) is 38.9. The van der Waals surface area contributed by atoms with Crippen molar-refractivity contribution in [3.63, 3.8) is 0 Å². The van der Waals surface area contributed by atoms with Crippen LogP contribution in [0.15, 0.2) is 28.0 Å². The maximum atomic E-state index is 13.0. The van der Waals surface area contributed by atoms with Crippen LogP contribution in [0, 0.1) is 0 Å². The van der Waals surface area contributed by atoms with Gasteiger partial charge in [-0.25, -0.2) is 4.79 Å². The van der Waals surface area contributed by atoms with E-state index in [-0.39, 0.29) is 30.7 Å². The van der Waals surface area contributed by atoms with Gasteiger partial charge in [-0.05, 0) is 57.2 Å². The van der Waals surface area contributed by atoms with Crippen LogP contribution in [0.2, 0.25) is 0 Å². The van der Waals surface area contributed by atoms with E-state index in [1.807, 2.05) is 0 Å². The summed E-state index contributed by atoms with van der Waals surface area (Å²) >= 11 is 2.70. The van der Waals surface area contributed by atoms with E-state index in [1.165, 1.54) is 29.4 Å². The molecule has 35 heavy (non-hydrogen) atoms. The number of amides is 2. The van der Waals surface area contributed by atoms with Gasteiger partial charge in [0.25, 0.3) is 5.91 Å². The first kappa shape index (κ1) is 25.0. The minimum atomic E-state index is -0.502. The Morgan fingerprint density at radius 3 is 2.83 bits per heavy atom. The molecule has 0 aromatic carbocycles. The van der Waals surface area contributed by atoms with Gasteiger partial charge in [-0.3, -0.25) is 9.59 Å². The normalized spacial score (nSPS) is 13.7. The van der Waals surface area contributed by atoms with E-state index in [0.29, 0.717) is 21.5 Å². The van der Waals surface area contributed by atoms with E-state index in [4.69, 9.17) is 9.15 Å². The Morgan fingerprint density at radius 1 is 1.29 bits per heavy atom. The summed E-state index contributed by atoms with van der Waals surface area (Å²) in [7, 11) is 1.77. The number of anilines is 1. The maximum absolute atomic E-state index is 13.0. The fraction of sp³-hybridized carbons (Fsp3) is 0.435. The Labute approximate surface area is 210 Å². The highest BCUT2D eigenvalue weighted by molar-refractivity contribution is 8.00. The molecule has 1 aliphatic carbocycles. The van der Waals surface area contributed by atoms with Crippen molar-refractivity contribution in [2.24, 2.45) is 7.05 Å². The number of rotatable bonds is 9. The van der Waals surface area contributed by atoms with E-state index >= 15 is 0 Å². The highest BCUT2D eigenvalue weighted by Crippen LogP contribution is 2.39. The number of thioether (sulfide) groups is 1. The van der Waals surface area contributed by atoms with Gasteiger partial charge in [-0.15, -0.1) is 21.5 Å². The number of nitrogens with one attached hydrogen (secondary N) is 2. The second kappa shape index (κ2) is 11.1. The number of nitrogens with zero attached hydrogens (tertiary/aromatic N) is 3. The average Bonchev–Trinajstić information content (AvgIpc) is 3.57. The molecule has 0 saturated heterocycles. The Bertz CT molecular complexity index is 1220. The van der Waals surface area contributed by atoms with Crippen LogP contribution in [0.4, 0.5) is 5.00 Å². The predicted molar refractivity (Wildman–Crippen MR) is 132 cm³/mol. The smallest absolute Gasteiger partial charge is 0.341 e. The first-order valence-corrected chi connectivity index (χ1v) is 13.1. The molecule has 4 rings (SSSR count). The largest absolute Gasteiger partial charge is 0.462 e. The minimum Gasteiger partial charge on any atom is -0.462 e. The van der Waals surface area contributed by atoms with Crippen LogP contribution in [0.25, 0.3) is 0 Å². The third kappa shape index (κ3) is 5.59. The second-order valence-corrected chi connectivity index (χ2v) is 10.4. The van der Waals surface area contributed by atoms with Crippen LogP contribution in [-0.4, -0.2) is 44.4 Å². The summed E-state index contributed by atoms with van der Waals surface area (Å²) in [6.07, 6.45) is 5.25. The van der Waals surface area contributed by atoms with Crippen molar-refractivity contribution in [1.29, 1.82) is 0 Å². The molecule has 0 radical (unpaired) electrons. The predicted octanol–water partition coefficient (Wildman–Crippen LogP) is 3.57. The lowest BCUT2D eigenvalue weighted by atomic mass is 9.95. The fourth-order valence-corrected chi connectivity index (χ4v) is 5.87.